The van der Waals surface area contributed by atoms with Crippen LogP contribution in [0.15, 0.2) is 6.07 Å². The summed E-state index contributed by atoms with van der Waals surface area (Å²) in [4.78, 5) is 22.6. The van der Waals surface area contributed by atoms with Gasteiger partial charge in [0.1, 0.15) is 5.82 Å². The van der Waals surface area contributed by atoms with Crippen molar-refractivity contribution >= 4 is 17.7 Å². The van der Waals surface area contributed by atoms with Gasteiger partial charge in [0.25, 0.3) is 0 Å². The van der Waals surface area contributed by atoms with Crippen LogP contribution in [0.2, 0.25) is 0 Å². The monoisotopic (exact) mass is 347 g/mol. The van der Waals surface area contributed by atoms with Crippen LogP contribution in [0.25, 0.3) is 0 Å². The Balaban J connectivity index is 3.16. The maximum atomic E-state index is 13.1. The number of hydrogen-bond acceptors (Lipinski definition) is 5. The van der Waals surface area contributed by atoms with Crippen LogP contribution in [-0.4, -0.2) is 48.6 Å². The maximum Gasteiger partial charge on any atom is 0.433 e. The van der Waals surface area contributed by atoms with E-state index in [1.54, 1.807) is 21.0 Å². The number of amides is 1. The molecule has 136 valence electrons. The Morgan fingerprint density at radius 1 is 1.21 bits per heavy atom. The zero-order valence-electron chi connectivity index (χ0n) is 14.8. The third-order valence-electron chi connectivity index (χ3n) is 2.96. The number of aromatic nitrogens is 2. The highest BCUT2D eigenvalue weighted by Gasteiger charge is 2.34. The molecule has 0 aliphatic carbocycles. The first kappa shape index (κ1) is 20.0. The largest absolute Gasteiger partial charge is 0.433 e. The van der Waals surface area contributed by atoms with Gasteiger partial charge in [-0.2, -0.15) is 18.2 Å². The van der Waals surface area contributed by atoms with Crippen molar-refractivity contribution in [1.29, 1.82) is 0 Å². The summed E-state index contributed by atoms with van der Waals surface area (Å²) >= 11 is 0. The van der Waals surface area contributed by atoms with Crippen LogP contribution >= 0.6 is 0 Å². The number of rotatable bonds is 5. The normalized spacial score (nSPS) is 12.0. The number of carbonyl (C=O) groups is 1. The van der Waals surface area contributed by atoms with Gasteiger partial charge in [0, 0.05) is 32.2 Å². The number of halogens is 3. The average Bonchev–Trinajstić information content (AvgIpc) is 2.41. The highest BCUT2D eigenvalue weighted by molar-refractivity contribution is 5.81. The molecular formula is C15H24F3N5O. The second kappa shape index (κ2) is 7.23. The molecule has 1 heterocycles. The summed E-state index contributed by atoms with van der Waals surface area (Å²) in [6.07, 6.45) is -4.59. The van der Waals surface area contributed by atoms with Gasteiger partial charge < -0.3 is 15.1 Å². The summed E-state index contributed by atoms with van der Waals surface area (Å²) in [7, 11) is 3.18. The lowest BCUT2D eigenvalue weighted by Gasteiger charge is -2.26. The third-order valence-corrected chi connectivity index (χ3v) is 2.96. The lowest BCUT2D eigenvalue weighted by atomic mass is 10.1. The minimum absolute atomic E-state index is 0.123. The van der Waals surface area contributed by atoms with Gasteiger partial charge in [0.15, 0.2) is 5.69 Å². The van der Waals surface area contributed by atoms with Gasteiger partial charge in [0.05, 0.1) is 6.54 Å². The molecule has 24 heavy (non-hydrogen) atoms. The second-order valence-corrected chi connectivity index (χ2v) is 6.62. The minimum atomic E-state index is -4.59. The van der Waals surface area contributed by atoms with Crippen LogP contribution in [0, 0.1) is 0 Å². The van der Waals surface area contributed by atoms with E-state index in [0.717, 1.165) is 6.07 Å². The summed E-state index contributed by atoms with van der Waals surface area (Å²) in [6.45, 7) is 7.38. The lowest BCUT2D eigenvalue weighted by molar-refractivity contribution is -0.141. The van der Waals surface area contributed by atoms with Crippen molar-refractivity contribution in [3.63, 3.8) is 0 Å². The Kier molecular flexibility index (Phi) is 6.02. The van der Waals surface area contributed by atoms with E-state index in [4.69, 9.17) is 0 Å². The summed E-state index contributed by atoms with van der Waals surface area (Å²) in [6, 6.07) is 0.882. The van der Waals surface area contributed by atoms with E-state index in [2.05, 4.69) is 15.3 Å². The number of nitrogens with zero attached hydrogens (tertiary/aromatic N) is 4. The smallest absolute Gasteiger partial charge is 0.363 e. The molecule has 0 radical (unpaired) electrons. The Hall–Kier alpha value is -2.06. The molecule has 0 aromatic carbocycles. The van der Waals surface area contributed by atoms with Gasteiger partial charge in [-0.25, -0.2) is 4.98 Å². The van der Waals surface area contributed by atoms with Crippen LogP contribution in [-0.2, 0) is 11.0 Å². The highest BCUT2D eigenvalue weighted by atomic mass is 19.4. The molecule has 1 aromatic rings. The standard InChI is InChI=1S/C15H24F3N5O/c1-7-23(9-12(24)21-14(2,3)4)13-19-10(15(16,17)18)8-11(20-13)22(5)6/h8H,7,9H2,1-6H3,(H,21,24). The van der Waals surface area contributed by atoms with E-state index < -0.39 is 17.4 Å². The van der Waals surface area contributed by atoms with Crippen LogP contribution in [0.3, 0.4) is 0 Å². The lowest BCUT2D eigenvalue weighted by Crippen LogP contribution is -2.46. The van der Waals surface area contributed by atoms with Crippen LogP contribution < -0.4 is 15.1 Å². The fourth-order valence-corrected chi connectivity index (χ4v) is 1.89. The van der Waals surface area contributed by atoms with Gasteiger partial charge in [-0.3, -0.25) is 4.79 Å². The molecular weight excluding hydrogens is 323 g/mol. The minimum Gasteiger partial charge on any atom is -0.363 e. The third kappa shape index (κ3) is 5.86. The topological polar surface area (TPSA) is 61.4 Å². The van der Waals surface area contributed by atoms with Crippen molar-refractivity contribution in [1.82, 2.24) is 15.3 Å². The van der Waals surface area contributed by atoms with E-state index >= 15 is 0 Å². The fourth-order valence-electron chi connectivity index (χ4n) is 1.89. The van der Waals surface area contributed by atoms with Crippen LogP contribution in [0.5, 0.6) is 0 Å². The van der Waals surface area contributed by atoms with Gasteiger partial charge >= 0.3 is 6.18 Å². The van der Waals surface area contributed by atoms with Crippen molar-refractivity contribution in [3.05, 3.63) is 11.8 Å². The van der Waals surface area contributed by atoms with Crippen molar-refractivity contribution in [2.45, 2.75) is 39.4 Å². The Morgan fingerprint density at radius 3 is 2.21 bits per heavy atom. The molecule has 0 aliphatic rings. The first-order valence-corrected chi connectivity index (χ1v) is 7.53. The Morgan fingerprint density at radius 2 is 1.79 bits per heavy atom. The molecule has 0 aliphatic heterocycles. The molecule has 1 rings (SSSR count). The number of anilines is 2. The second-order valence-electron chi connectivity index (χ2n) is 6.62. The number of likely N-dealkylation sites (N-methyl/N-ethyl adjacent to an activating group) is 1. The summed E-state index contributed by atoms with van der Waals surface area (Å²) in [5, 5.41) is 2.77. The summed E-state index contributed by atoms with van der Waals surface area (Å²) in [5.41, 5.74) is -1.47. The quantitative estimate of drug-likeness (QED) is 0.886. The highest BCUT2D eigenvalue weighted by Crippen LogP contribution is 2.30. The zero-order chi connectivity index (χ0) is 18.7. The van der Waals surface area contributed by atoms with Crippen LogP contribution in [0.1, 0.15) is 33.4 Å². The molecule has 0 spiro atoms. The molecule has 1 amide bonds. The molecule has 1 N–H and O–H groups in total. The van der Waals surface area contributed by atoms with Gasteiger partial charge in [-0.1, -0.05) is 0 Å². The molecule has 1 aromatic heterocycles. The first-order valence-electron chi connectivity index (χ1n) is 7.53. The molecule has 6 nitrogen and oxygen atoms in total. The maximum absolute atomic E-state index is 13.1. The van der Waals surface area contributed by atoms with Gasteiger partial charge in [-0.05, 0) is 27.7 Å². The number of hydrogen-bond donors (Lipinski definition) is 1. The Labute approximate surface area is 140 Å². The SMILES string of the molecule is CCN(CC(=O)NC(C)(C)C)c1nc(N(C)C)cc(C(F)(F)F)n1. The van der Waals surface area contributed by atoms with Crippen molar-refractivity contribution < 1.29 is 18.0 Å². The fraction of sp³-hybridized carbons (Fsp3) is 0.667. The van der Waals surface area contributed by atoms with Crippen molar-refractivity contribution in [3.8, 4) is 0 Å². The van der Waals surface area contributed by atoms with Crippen molar-refractivity contribution in [2.75, 3.05) is 37.0 Å². The number of alkyl halides is 3. The number of nitrogens with one attached hydrogen (secondary N) is 1. The predicted molar refractivity (Wildman–Crippen MR) is 87.1 cm³/mol. The average molecular weight is 347 g/mol. The Bertz CT molecular complexity index is 581. The summed E-state index contributed by atoms with van der Waals surface area (Å²) < 4.78 is 39.2. The molecule has 0 atom stereocenters. The summed E-state index contributed by atoms with van der Waals surface area (Å²) in [5.74, 6) is -0.307. The van der Waals surface area contributed by atoms with Gasteiger partial charge in [0.2, 0.25) is 11.9 Å². The van der Waals surface area contributed by atoms with E-state index in [9.17, 15) is 18.0 Å². The van der Waals surface area contributed by atoms with E-state index in [0.29, 0.717) is 6.54 Å². The predicted octanol–water partition coefficient (Wildman–Crippen LogP) is 2.30. The van der Waals surface area contributed by atoms with Crippen molar-refractivity contribution in [2.24, 2.45) is 0 Å². The molecule has 9 heteroatoms. The number of carbonyl (C=O) groups excluding carboxylic acids is 1. The van der Waals surface area contributed by atoms with Gasteiger partial charge in [-0.15, -0.1) is 0 Å². The molecule has 0 unspecified atom stereocenters. The zero-order valence-corrected chi connectivity index (χ0v) is 14.8. The molecule has 0 saturated heterocycles. The van der Waals surface area contributed by atoms with E-state index in [1.807, 2.05) is 20.8 Å². The van der Waals surface area contributed by atoms with E-state index in [-0.39, 0.29) is 24.2 Å². The van der Waals surface area contributed by atoms with E-state index in [1.165, 1.54) is 9.80 Å². The van der Waals surface area contributed by atoms with Crippen LogP contribution in [0.4, 0.5) is 24.9 Å². The first-order chi connectivity index (χ1) is 10.8. The molecule has 0 saturated carbocycles. The molecule has 0 bridgehead atoms. The molecule has 0 fully saturated rings.